The van der Waals surface area contributed by atoms with Gasteiger partial charge in [0.2, 0.25) is 0 Å². The fourth-order valence-corrected chi connectivity index (χ4v) is 4.75. The topological polar surface area (TPSA) is 82.5 Å². The quantitative estimate of drug-likeness (QED) is 0.652. The van der Waals surface area contributed by atoms with E-state index >= 15 is 0 Å². The van der Waals surface area contributed by atoms with Crippen LogP contribution in [-0.2, 0) is 28.6 Å². The number of carbonyl (C=O) groups is 1. The zero-order valence-electron chi connectivity index (χ0n) is 18.8. The van der Waals surface area contributed by atoms with E-state index in [0.717, 1.165) is 24.0 Å². The van der Waals surface area contributed by atoms with E-state index in [0.29, 0.717) is 17.7 Å². The van der Waals surface area contributed by atoms with Gasteiger partial charge in [-0.3, -0.25) is 9.93 Å². The normalized spacial score (nSPS) is 14.8. The highest BCUT2D eigenvalue weighted by Gasteiger charge is 2.31. The number of carbonyl (C=O) groups excluding carboxylic acids is 1. The van der Waals surface area contributed by atoms with Crippen LogP contribution < -0.4 is 5.14 Å². The second kappa shape index (κ2) is 9.99. The maximum Gasteiger partial charge on any atom is 0.257 e. The van der Waals surface area contributed by atoms with Crippen LogP contribution in [-0.4, -0.2) is 24.9 Å². The Kier molecular flexibility index (Phi) is 7.55. The van der Waals surface area contributed by atoms with Crippen molar-refractivity contribution in [2.75, 3.05) is 14.1 Å². The molecule has 0 spiro atoms. The number of benzene rings is 2. The molecule has 0 bridgehead atoms. The van der Waals surface area contributed by atoms with Crippen LogP contribution in [0.3, 0.4) is 0 Å². The molecule has 1 aliphatic rings. The van der Waals surface area contributed by atoms with Crippen molar-refractivity contribution in [2.45, 2.75) is 56.4 Å². The molecule has 2 aromatic rings. The van der Waals surface area contributed by atoms with Crippen LogP contribution in [0.15, 0.2) is 33.5 Å². The van der Waals surface area contributed by atoms with Crippen molar-refractivity contribution in [1.29, 1.82) is 5.26 Å². The average molecular weight is 459 g/mol. The molecule has 32 heavy (non-hydrogen) atoms. The van der Waals surface area contributed by atoms with Crippen LogP contribution in [0.4, 0.5) is 8.78 Å². The van der Waals surface area contributed by atoms with Crippen molar-refractivity contribution in [1.82, 2.24) is 4.90 Å². The van der Waals surface area contributed by atoms with Gasteiger partial charge >= 0.3 is 0 Å². The Hall–Kier alpha value is -2.47. The van der Waals surface area contributed by atoms with E-state index < -0.39 is 28.4 Å². The average Bonchev–Trinajstić information content (AvgIpc) is 3.52. The van der Waals surface area contributed by atoms with Gasteiger partial charge in [0.25, 0.3) is 5.91 Å². The van der Waals surface area contributed by atoms with E-state index in [1.165, 1.54) is 6.07 Å². The highest BCUT2D eigenvalue weighted by molar-refractivity contribution is 7.85. The van der Waals surface area contributed by atoms with Crippen LogP contribution in [0.1, 0.15) is 66.3 Å². The van der Waals surface area contributed by atoms with Crippen molar-refractivity contribution >= 4 is 16.8 Å². The second-order valence-electron chi connectivity index (χ2n) is 8.74. The molecule has 0 aliphatic heterocycles. The van der Waals surface area contributed by atoms with Gasteiger partial charge in [0.05, 0.1) is 16.9 Å². The highest BCUT2D eigenvalue weighted by Crippen LogP contribution is 2.44. The first-order valence-electron chi connectivity index (χ1n) is 10.5. The van der Waals surface area contributed by atoms with Crippen molar-refractivity contribution < 1.29 is 13.6 Å². The third kappa shape index (κ3) is 5.47. The summed E-state index contributed by atoms with van der Waals surface area (Å²) < 4.78 is 33.6. The molecule has 1 atom stereocenters. The molecule has 1 amide bonds. The summed E-state index contributed by atoms with van der Waals surface area (Å²) >= 11 is 0. The van der Waals surface area contributed by atoms with Crippen molar-refractivity contribution in [2.24, 2.45) is 9.50 Å². The second-order valence-corrected chi connectivity index (χ2v) is 9.99. The Bertz CT molecular complexity index is 1120. The zero-order valence-corrected chi connectivity index (χ0v) is 19.6. The summed E-state index contributed by atoms with van der Waals surface area (Å²) in [5, 5.41) is 15.4. The first-order chi connectivity index (χ1) is 15.1. The summed E-state index contributed by atoms with van der Waals surface area (Å²) in [5.74, 6) is -1.59. The van der Waals surface area contributed by atoms with Crippen LogP contribution in [0.25, 0.3) is 0 Å². The summed E-state index contributed by atoms with van der Waals surface area (Å²) in [4.78, 5) is 14.9. The van der Waals surface area contributed by atoms with E-state index in [1.54, 1.807) is 18.2 Å². The monoisotopic (exact) mass is 458 g/mol. The molecule has 2 N–H and O–H groups in total. The molecule has 5 nitrogen and oxygen atoms in total. The van der Waals surface area contributed by atoms with Gasteiger partial charge in [0.15, 0.2) is 0 Å². The van der Waals surface area contributed by atoms with Gasteiger partial charge < -0.3 is 4.90 Å². The molecule has 1 aliphatic carbocycles. The predicted octanol–water partition coefficient (Wildman–Crippen LogP) is 4.70. The Balaban J connectivity index is 1.93. The predicted molar refractivity (Wildman–Crippen MR) is 122 cm³/mol. The fraction of sp³-hybridized carbons (Fsp3) is 0.417. The van der Waals surface area contributed by atoms with E-state index in [4.69, 9.17) is 5.14 Å². The van der Waals surface area contributed by atoms with Gasteiger partial charge in [-0.2, -0.15) is 9.62 Å². The number of nitriles is 1. The number of nitrogens with two attached hydrogens (primary N) is 1. The van der Waals surface area contributed by atoms with Gasteiger partial charge in [-0.15, -0.1) is 0 Å². The summed E-state index contributed by atoms with van der Waals surface area (Å²) in [6.45, 7) is 4.25. The maximum absolute atomic E-state index is 15.0. The van der Waals surface area contributed by atoms with Crippen LogP contribution in [0, 0.1) is 23.0 Å². The molecule has 2 aromatic carbocycles. The number of halogens is 2. The first kappa shape index (κ1) is 24.2. The third-order valence-corrected chi connectivity index (χ3v) is 6.59. The van der Waals surface area contributed by atoms with E-state index in [1.807, 2.05) is 38.9 Å². The minimum absolute atomic E-state index is 0.00204. The Morgan fingerprint density at radius 3 is 2.53 bits per heavy atom. The number of amides is 1. The molecule has 170 valence electrons. The zero-order chi connectivity index (χ0) is 23.6. The minimum Gasteiger partial charge on any atom is -0.305 e. The molecule has 1 saturated carbocycles. The van der Waals surface area contributed by atoms with Crippen molar-refractivity contribution in [3.05, 3.63) is 63.7 Å². The Morgan fingerprint density at radius 2 is 2.00 bits per heavy atom. The number of hydrogen-bond acceptors (Lipinski definition) is 3. The van der Waals surface area contributed by atoms with Gasteiger partial charge in [-0.1, -0.05) is 19.9 Å². The van der Waals surface area contributed by atoms with Gasteiger partial charge in [0, 0.05) is 17.4 Å². The van der Waals surface area contributed by atoms with E-state index in [-0.39, 0.29) is 28.7 Å². The number of nitrogens with zero attached hydrogens (tertiary/aromatic N) is 3. The van der Waals surface area contributed by atoms with Crippen LogP contribution in [0.5, 0.6) is 0 Å². The van der Waals surface area contributed by atoms with E-state index in [9.17, 15) is 18.8 Å². The lowest BCUT2D eigenvalue weighted by Crippen LogP contribution is -2.14. The smallest absolute Gasteiger partial charge is 0.257 e. The molecular formula is C24H28F2N4OS. The molecule has 3 rings (SSSR count). The summed E-state index contributed by atoms with van der Waals surface area (Å²) in [6.07, 6.45) is 1.76. The van der Waals surface area contributed by atoms with Gasteiger partial charge in [-0.05, 0) is 79.2 Å². The summed E-state index contributed by atoms with van der Waals surface area (Å²) in [5.41, 5.74) is 2.61. The molecule has 0 radical (unpaired) electrons. The summed E-state index contributed by atoms with van der Waals surface area (Å²) in [6, 6.07) is 8.22. The molecule has 1 unspecified atom stereocenters. The maximum atomic E-state index is 15.0. The molecule has 0 heterocycles. The lowest BCUT2D eigenvalue weighted by atomic mass is 9.87. The van der Waals surface area contributed by atoms with Crippen molar-refractivity contribution in [3.8, 4) is 6.07 Å². The Labute approximate surface area is 190 Å². The molecule has 0 aromatic heterocycles. The molecule has 1 fully saturated rings. The number of rotatable bonds is 7. The fourth-order valence-electron chi connectivity index (χ4n) is 3.90. The highest BCUT2D eigenvalue weighted by atomic mass is 32.2. The van der Waals surface area contributed by atoms with Gasteiger partial charge in [-0.25, -0.2) is 8.78 Å². The Morgan fingerprint density at radius 1 is 1.31 bits per heavy atom. The lowest BCUT2D eigenvalue weighted by molar-refractivity contribution is -0.117. The molecular weight excluding hydrogens is 430 g/mol. The number of hydrogen-bond donors (Lipinski definition) is 1. The summed E-state index contributed by atoms with van der Waals surface area (Å²) in [7, 11) is 2.32. The van der Waals surface area contributed by atoms with Gasteiger partial charge in [0.1, 0.15) is 17.7 Å². The largest absolute Gasteiger partial charge is 0.305 e. The first-order valence-corrected chi connectivity index (χ1v) is 11.8. The van der Waals surface area contributed by atoms with Crippen LogP contribution in [0.2, 0.25) is 0 Å². The third-order valence-electron chi connectivity index (χ3n) is 5.41. The lowest BCUT2D eigenvalue weighted by Gasteiger charge is -2.18. The van der Waals surface area contributed by atoms with E-state index in [2.05, 4.69) is 4.36 Å². The molecule has 0 saturated heterocycles. The van der Waals surface area contributed by atoms with Crippen LogP contribution >= 0.6 is 0 Å². The SMILES string of the molecule is CC(C)c1c(F)c(C#N)cc(C2CC2)c1CC(=O)N=S(N)c1ccc(CN(C)C)cc1F. The van der Waals surface area contributed by atoms with Crippen molar-refractivity contribution in [3.63, 3.8) is 0 Å². The molecule has 8 heteroatoms. The minimum atomic E-state index is -1.46. The standard InChI is InChI=1S/C24H28F2N4OS/c1-14(2)23-19(18(16-6-7-16)10-17(12-27)24(23)26)11-22(31)29-32(28)21-8-5-15(9-20(21)25)13-30(3)4/h5,8-10,14,16H,6-7,11,13H2,1-4H3,(H2,28,29,31).